The number of hydrogen-bond donors (Lipinski definition) is 3. The van der Waals surface area contributed by atoms with Gasteiger partial charge in [0.2, 0.25) is 5.88 Å². The van der Waals surface area contributed by atoms with Crippen molar-refractivity contribution in [1.29, 1.82) is 0 Å². The van der Waals surface area contributed by atoms with Crippen LogP contribution in [0, 0.1) is 0 Å². The van der Waals surface area contributed by atoms with Gasteiger partial charge < -0.3 is 24.8 Å². The van der Waals surface area contributed by atoms with Gasteiger partial charge in [0.25, 0.3) is 0 Å². The Balaban J connectivity index is 2.01. The minimum atomic E-state index is -1.22. The molecule has 3 aromatic rings. The van der Waals surface area contributed by atoms with Gasteiger partial charge in [-0.15, -0.1) is 0 Å². The molecule has 0 amide bonds. The number of rotatable bonds is 3. The zero-order valence-electron chi connectivity index (χ0n) is 12.8. The van der Waals surface area contributed by atoms with Crippen LogP contribution in [0.15, 0.2) is 24.8 Å². The Bertz CT molecular complexity index is 898. The molecule has 9 nitrogen and oxygen atoms in total. The first kappa shape index (κ1) is 15.2. The number of fused-ring (bicyclic) bond motifs is 3. The van der Waals surface area contributed by atoms with Crippen molar-refractivity contribution in [3.05, 3.63) is 24.8 Å². The minimum Gasteiger partial charge on any atom is -0.480 e. The van der Waals surface area contributed by atoms with Gasteiger partial charge in [-0.05, 0) is 6.07 Å². The van der Waals surface area contributed by atoms with Crippen molar-refractivity contribution >= 4 is 21.9 Å². The van der Waals surface area contributed by atoms with Crippen LogP contribution in [0.1, 0.15) is 6.23 Å². The molecule has 3 N–H and O–H groups in total. The highest BCUT2D eigenvalue weighted by atomic mass is 16.6. The molecule has 4 atom stereocenters. The molecule has 126 valence electrons. The van der Waals surface area contributed by atoms with Crippen molar-refractivity contribution < 1.29 is 24.8 Å². The van der Waals surface area contributed by atoms with E-state index in [-0.39, 0.29) is 0 Å². The van der Waals surface area contributed by atoms with Crippen LogP contribution in [0.3, 0.4) is 0 Å². The predicted molar refractivity (Wildman–Crippen MR) is 82.4 cm³/mol. The molecule has 0 radical (unpaired) electrons. The number of aliphatic hydroxyl groups excluding tert-OH is 3. The first-order chi connectivity index (χ1) is 11.7. The molecule has 1 aliphatic rings. The second kappa shape index (κ2) is 5.64. The Morgan fingerprint density at radius 1 is 1.29 bits per heavy atom. The second-order valence-corrected chi connectivity index (χ2v) is 5.57. The van der Waals surface area contributed by atoms with E-state index < -0.39 is 31.1 Å². The van der Waals surface area contributed by atoms with E-state index in [4.69, 9.17) is 9.47 Å². The molecular formula is C15H16N4O5. The zero-order valence-corrected chi connectivity index (χ0v) is 12.8. The summed E-state index contributed by atoms with van der Waals surface area (Å²) in [6.07, 6.45) is 0.389. The molecule has 0 unspecified atom stereocenters. The van der Waals surface area contributed by atoms with Crippen molar-refractivity contribution in [2.75, 3.05) is 13.7 Å². The van der Waals surface area contributed by atoms with Crippen LogP contribution in [0.5, 0.6) is 5.88 Å². The third kappa shape index (κ3) is 1.99. The molecule has 1 aliphatic heterocycles. The molecular weight excluding hydrogens is 316 g/mol. The van der Waals surface area contributed by atoms with E-state index in [2.05, 4.69) is 15.0 Å². The predicted octanol–water partition coefficient (Wildman–Crippen LogP) is -0.400. The molecule has 0 aromatic carbocycles. The van der Waals surface area contributed by atoms with Gasteiger partial charge >= 0.3 is 0 Å². The number of pyridine rings is 1. The third-order valence-electron chi connectivity index (χ3n) is 4.31. The highest BCUT2D eigenvalue weighted by molar-refractivity contribution is 6.08. The van der Waals surface area contributed by atoms with Crippen molar-refractivity contribution in [2.45, 2.75) is 24.5 Å². The fraction of sp³-hybridized carbons (Fsp3) is 0.400. The van der Waals surface area contributed by atoms with Crippen LogP contribution in [0.25, 0.3) is 21.9 Å². The van der Waals surface area contributed by atoms with Gasteiger partial charge in [0.05, 0.1) is 30.8 Å². The molecule has 24 heavy (non-hydrogen) atoms. The molecule has 4 heterocycles. The van der Waals surface area contributed by atoms with Crippen molar-refractivity contribution in [3.63, 3.8) is 0 Å². The number of nitrogens with zero attached hydrogens (tertiary/aromatic N) is 4. The van der Waals surface area contributed by atoms with Crippen LogP contribution < -0.4 is 4.74 Å². The Hall–Kier alpha value is -2.33. The summed E-state index contributed by atoms with van der Waals surface area (Å²) in [5.41, 5.74) is 1.14. The standard InChI is InChI=1S/C15H16N4O5/c1-23-14-10-7-2-3-16-4-8(7)19(13(10)17-6-18-14)15-12(22)11(21)9(5-20)24-15/h2-4,6,9,11-12,15,20-22H,5H2,1H3/t9-,11-,12-,15-/m1/s1. The number of ether oxygens (including phenoxy) is 2. The average molecular weight is 332 g/mol. The maximum absolute atomic E-state index is 10.4. The Morgan fingerprint density at radius 2 is 2.12 bits per heavy atom. The van der Waals surface area contributed by atoms with Crippen molar-refractivity contribution in [2.24, 2.45) is 0 Å². The van der Waals surface area contributed by atoms with Gasteiger partial charge in [0.15, 0.2) is 11.9 Å². The summed E-state index contributed by atoms with van der Waals surface area (Å²) in [6, 6.07) is 1.79. The summed E-state index contributed by atoms with van der Waals surface area (Å²) in [5, 5.41) is 31.2. The van der Waals surface area contributed by atoms with Crippen LogP contribution in [-0.2, 0) is 4.74 Å². The van der Waals surface area contributed by atoms with Crippen LogP contribution in [0.2, 0.25) is 0 Å². The number of aromatic nitrogens is 4. The van der Waals surface area contributed by atoms with Gasteiger partial charge in [-0.3, -0.25) is 9.55 Å². The van der Waals surface area contributed by atoms with Gasteiger partial charge in [-0.2, -0.15) is 0 Å². The number of aliphatic hydroxyl groups is 3. The highest BCUT2D eigenvalue weighted by Crippen LogP contribution is 2.39. The summed E-state index contributed by atoms with van der Waals surface area (Å²) in [7, 11) is 1.51. The average Bonchev–Trinajstić information content (AvgIpc) is 3.10. The Morgan fingerprint density at radius 3 is 2.83 bits per heavy atom. The SMILES string of the molecule is COc1ncnc2c1c1ccncc1n2[C@@H]1O[C@H](CO)[C@@H](O)[C@H]1O. The van der Waals surface area contributed by atoms with Gasteiger partial charge in [0.1, 0.15) is 24.6 Å². The lowest BCUT2D eigenvalue weighted by Gasteiger charge is -2.18. The fourth-order valence-corrected chi connectivity index (χ4v) is 3.19. The minimum absolute atomic E-state index is 0.390. The molecule has 4 rings (SSSR count). The van der Waals surface area contributed by atoms with Crippen molar-refractivity contribution in [1.82, 2.24) is 19.5 Å². The van der Waals surface area contributed by atoms with E-state index in [1.807, 2.05) is 0 Å². The topological polar surface area (TPSA) is 123 Å². The zero-order chi connectivity index (χ0) is 16.8. The van der Waals surface area contributed by atoms with Crippen LogP contribution in [0.4, 0.5) is 0 Å². The quantitative estimate of drug-likeness (QED) is 0.592. The number of hydrogen-bond acceptors (Lipinski definition) is 8. The lowest BCUT2D eigenvalue weighted by Crippen LogP contribution is -2.33. The summed E-state index contributed by atoms with van der Waals surface area (Å²) in [6.45, 7) is -0.400. The molecule has 0 saturated carbocycles. The van der Waals surface area contributed by atoms with Gasteiger partial charge in [0, 0.05) is 11.6 Å². The molecule has 0 bridgehead atoms. The van der Waals surface area contributed by atoms with E-state index in [0.717, 1.165) is 5.39 Å². The van der Waals surface area contributed by atoms with E-state index in [0.29, 0.717) is 22.4 Å². The normalized spacial score (nSPS) is 27.2. The molecule has 0 spiro atoms. The van der Waals surface area contributed by atoms with E-state index in [1.54, 1.807) is 23.0 Å². The second-order valence-electron chi connectivity index (χ2n) is 5.57. The largest absolute Gasteiger partial charge is 0.480 e. The smallest absolute Gasteiger partial charge is 0.226 e. The van der Waals surface area contributed by atoms with E-state index >= 15 is 0 Å². The fourth-order valence-electron chi connectivity index (χ4n) is 3.19. The first-order valence-electron chi connectivity index (χ1n) is 7.42. The Kier molecular flexibility index (Phi) is 3.57. The summed E-state index contributed by atoms with van der Waals surface area (Å²) in [5.74, 6) is 0.390. The maximum Gasteiger partial charge on any atom is 0.226 e. The molecule has 1 saturated heterocycles. The van der Waals surface area contributed by atoms with Gasteiger partial charge in [-0.25, -0.2) is 9.97 Å². The third-order valence-corrected chi connectivity index (χ3v) is 4.31. The molecule has 3 aromatic heterocycles. The molecule has 1 fully saturated rings. The maximum atomic E-state index is 10.4. The van der Waals surface area contributed by atoms with Gasteiger partial charge in [-0.1, -0.05) is 0 Å². The lowest BCUT2D eigenvalue weighted by atomic mass is 10.1. The summed E-state index contributed by atoms with van der Waals surface area (Å²) < 4.78 is 12.6. The van der Waals surface area contributed by atoms with E-state index in [1.165, 1.54) is 13.4 Å². The summed E-state index contributed by atoms with van der Waals surface area (Å²) in [4.78, 5) is 12.5. The first-order valence-corrected chi connectivity index (χ1v) is 7.42. The summed E-state index contributed by atoms with van der Waals surface area (Å²) >= 11 is 0. The van der Waals surface area contributed by atoms with E-state index in [9.17, 15) is 15.3 Å². The Labute approximate surface area is 136 Å². The lowest BCUT2D eigenvalue weighted by molar-refractivity contribution is -0.0490. The van der Waals surface area contributed by atoms with Crippen LogP contribution >= 0.6 is 0 Å². The van der Waals surface area contributed by atoms with Crippen LogP contribution in [-0.4, -0.2) is 66.9 Å². The monoisotopic (exact) mass is 332 g/mol. The highest BCUT2D eigenvalue weighted by Gasteiger charge is 2.44. The molecule has 0 aliphatic carbocycles. The molecule has 9 heteroatoms. The number of methoxy groups -OCH3 is 1. The van der Waals surface area contributed by atoms with Crippen molar-refractivity contribution in [3.8, 4) is 5.88 Å².